The molecule has 0 saturated carbocycles. The highest BCUT2D eigenvalue weighted by Gasteiger charge is 2.37. The minimum absolute atomic E-state index is 0. The fraction of sp³-hybridized carbons (Fsp3) is 0.667. The van der Waals surface area contributed by atoms with E-state index in [0.29, 0.717) is 94.4 Å². The van der Waals surface area contributed by atoms with E-state index in [1.807, 2.05) is 90.1 Å². The highest BCUT2D eigenvalue weighted by molar-refractivity contribution is 7.88. The maximum absolute atomic E-state index is 12.4. The Balaban J connectivity index is 0.000000279. The van der Waals surface area contributed by atoms with E-state index in [-0.39, 0.29) is 37.5 Å². The number of nitrogens with zero attached hydrogens (tertiary/aromatic N) is 5. The van der Waals surface area contributed by atoms with E-state index in [1.54, 1.807) is 14.1 Å². The van der Waals surface area contributed by atoms with E-state index in [9.17, 15) is 31.2 Å². The third-order valence-electron chi connectivity index (χ3n) is 11.0. The molecular weight excluding hydrogens is 904 g/mol. The molecule has 64 heavy (non-hydrogen) atoms. The fourth-order valence-electron chi connectivity index (χ4n) is 7.81. The summed E-state index contributed by atoms with van der Waals surface area (Å²) in [6.45, 7) is 16.9. The van der Waals surface area contributed by atoms with Crippen LogP contribution in [0.25, 0.3) is 0 Å². The second kappa shape index (κ2) is 24.1. The van der Waals surface area contributed by atoms with Crippen molar-refractivity contribution in [2.24, 2.45) is 0 Å². The number of halogens is 2. The van der Waals surface area contributed by atoms with Gasteiger partial charge in [0, 0.05) is 106 Å². The summed E-state index contributed by atoms with van der Waals surface area (Å²) in [6, 6.07) is 16.0. The molecule has 2 amide bonds. The maximum atomic E-state index is 12.4. The van der Waals surface area contributed by atoms with Crippen LogP contribution in [0, 0.1) is 0 Å². The Morgan fingerprint density at radius 2 is 1.09 bits per heavy atom. The quantitative estimate of drug-likeness (QED) is 0.319. The van der Waals surface area contributed by atoms with E-state index in [0.717, 1.165) is 36.8 Å². The number of carbonyl (C=O) groups is 3. The first-order valence-electron chi connectivity index (χ1n) is 21.6. The standard InChI is InChI=1S/C22H34ClN3O4S.C12H17ClN2O2S.C10H17NO3.CH4/c1-22(2,3)30-21(27)24-11-9-19(10-12-24)26-14-13-25(31(4,28)29)16-20(26)15-17-5-7-18(23)8-6-17;1-18(16,17)15-7-6-14-12(9-15)8-10-2-4-11(13)5-3-10;1-10(2,3)14-9(13)11-6-4-8(12)5-7-11;/h5-8,19-20H,9-16H2,1-4H3;2-5,12,14H,6-9H2,1H3;4-7H2,1-3H3;1H4. The molecule has 2 atom stereocenters. The molecule has 4 aliphatic heterocycles. The van der Waals surface area contributed by atoms with Crippen LogP contribution < -0.4 is 5.32 Å². The average molecular weight is 976 g/mol. The Hall–Kier alpha value is -3.03. The molecule has 6 rings (SSSR count). The summed E-state index contributed by atoms with van der Waals surface area (Å²) in [5.74, 6) is 0.227. The zero-order valence-corrected chi connectivity index (χ0v) is 41.3. The second-order valence-corrected chi connectivity index (χ2v) is 23.5. The first-order chi connectivity index (χ1) is 29.3. The van der Waals surface area contributed by atoms with E-state index in [4.69, 9.17) is 32.7 Å². The summed E-state index contributed by atoms with van der Waals surface area (Å²) in [4.78, 5) is 40.7. The van der Waals surface area contributed by atoms with E-state index in [2.05, 4.69) is 10.2 Å². The highest BCUT2D eigenvalue weighted by Crippen LogP contribution is 2.26. The van der Waals surface area contributed by atoms with E-state index >= 15 is 0 Å². The predicted molar refractivity (Wildman–Crippen MR) is 255 cm³/mol. The SMILES string of the molecule is C.CC(C)(C)OC(=O)N1CCC(=O)CC1.CC(C)(C)OC(=O)N1CCC(N2CCN(S(C)(=O)=O)CC2Cc2ccc(Cl)cc2)CC1.CS(=O)(=O)N1CCNC(Cc2ccc(Cl)cc2)C1. The molecule has 0 aliphatic carbocycles. The van der Waals surface area contributed by atoms with Crippen molar-refractivity contribution in [2.45, 2.75) is 117 Å². The number of Topliss-reactive ketones (excluding diaryl/α,β-unsaturated/α-hetero) is 1. The van der Waals surface area contributed by atoms with Crippen LogP contribution in [0.3, 0.4) is 0 Å². The predicted octanol–water partition coefficient (Wildman–Crippen LogP) is 6.57. The lowest BCUT2D eigenvalue weighted by atomic mass is 9.96. The lowest BCUT2D eigenvalue weighted by molar-refractivity contribution is -0.121. The van der Waals surface area contributed by atoms with Crippen molar-refractivity contribution in [3.63, 3.8) is 0 Å². The van der Waals surface area contributed by atoms with Crippen LogP contribution in [-0.4, -0.2) is 165 Å². The number of sulfonamides is 2. The van der Waals surface area contributed by atoms with Crippen molar-refractivity contribution in [3.05, 3.63) is 69.7 Å². The van der Waals surface area contributed by atoms with Crippen LogP contribution in [0.4, 0.5) is 9.59 Å². The van der Waals surface area contributed by atoms with E-state index < -0.39 is 31.2 Å². The number of hydrogen-bond donors (Lipinski definition) is 1. The van der Waals surface area contributed by atoms with Gasteiger partial charge in [0.15, 0.2) is 0 Å². The number of benzene rings is 2. The topological polar surface area (TPSA) is 166 Å². The number of carbonyl (C=O) groups excluding carboxylic acids is 3. The van der Waals surface area contributed by atoms with Crippen molar-refractivity contribution in [1.82, 2.24) is 28.6 Å². The van der Waals surface area contributed by atoms with Crippen LogP contribution in [0.1, 0.15) is 85.8 Å². The summed E-state index contributed by atoms with van der Waals surface area (Å²) in [6.07, 6.45) is 6.16. The Kier molecular flexibility index (Phi) is 20.8. The van der Waals surface area contributed by atoms with Crippen molar-refractivity contribution in [1.29, 1.82) is 0 Å². The first-order valence-corrected chi connectivity index (χ1v) is 26.1. The zero-order chi connectivity index (χ0) is 46.8. The van der Waals surface area contributed by atoms with Gasteiger partial charge < -0.3 is 24.6 Å². The van der Waals surface area contributed by atoms with Gasteiger partial charge in [-0.15, -0.1) is 0 Å². The number of hydrogen-bond acceptors (Lipinski definition) is 11. The second-order valence-electron chi connectivity index (χ2n) is 18.7. The molecule has 0 spiro atoms. The van der Waals surface area contributed by atoms with Crippen LogP contribution >= 0.6 is 23.2 Å². The molecule has 0 radical (unpaired) electrons. The van der Waals surface area contributed by atoms with Crippen LogP contribution in [-0.2, 0) is 47.2 Å². The van der Waals surface area contributed by atoms with Gasteiger partial charge in [-0.05, 0) is 103 Å². The van der Waals surface area contributed by atoms with Crippen molar-refractivity contribution >= 4 is 61.2 Å². The number of rotatable bonds is 7. The van der Waals surface area contributed by atoms with Gasteiger partial charge in [-0.3, -0.25) is 9.69 Å². The molecule has 4 heterocycles. The molecule has 15 nitrogen and oxygen atoms in total. The summed E-state index contributed by atoms with van der Waals surface area (Å²) in [7, 11) is -6.32. The Morgan fingerprint density at radius 3 is 1.55 bits per heavy atom. The molecule has 2 aromatic carbocycles. The Labute approximate surface area is 393 Å². The van der Waals surface area contributed by atoms with Crippen molar-refractivity contribution in [2.75, 3.05) is 78.0 Å². The molecular formula is C45H72Cl2N6O9S2. The molecule has 2 unspecified atom stereocenters. The summed E-state index contributed by atoms with van der Waals surface area (Å²) < 4.78 is 61.2. The minimum atomic E-state index is -3.23. The third kappa shape index (κ3) is 19.1. The van der Waals surface area contributed by atoms with Crippen molar-refractivity contribution < 1.29 is 40.7 Å². The molecule has 4 fully saturated rings. The summed E-state index contributed by atoms with van der Waals surface area (Å²) in [5, 5.41) is 4.75. The summed E-state index contributed by atoms with van der Waals surface area (Å²) >= 11 is 11.9. The molecule has 362 valence electrons. The minimum Gasteiger partial charge on any atom is -0.444 e. The average Bonchev–Trinajstić information content (AvgIpc) is 3.19. The normalized spacial score (nSPS) is 21.1. The number of piperidine rings is 2. The number of piperazine rings is 2. The van der Waals surface area contributed by atoms with Gasteiger partial charge in [-0.1, -0.05) is 54.9 Å². The summed E-state index contributed by atoms with van der Waals surface area (Å²) in [5.41, 5.74) is 1.34. The van der Waals surface area contributed by atoms with E-state index in [1.165, 1.54) is 16.8 Å². The molecule has 19 heteroatoms. The molecule has 4 saturated heterocycles. The van der Waals surface area contributed by atoms with Crippen LogP contribution in [0.15, 0.2) is 48.5 Å². The van der Waals surface area contributed by atoms with Gasteiger partial charge in [0.25, 0.3) is 0 Å². The number of nitrogens with one attached hydrogen (secondary N) is 1. The van der Waals surface area contributed by atoms with Gasteiger partial charge in [-0.2, -0.15) is 8.61 Å². The molecule has 4 aliphatic rings. The number of ether oxygens (including phenoxy) is 2. The van der Waals surface area contributed by atoms with Gasteiger partial charge in [0.05, 0.1) is 12.5 Å². The molecule has 0 aromatic heterocycles. The van der Waals surface area contributed by atoms with Gasteiger partial charge in [0.2, 0.25) is 20.0 Å². The van der Waals surface area contributed by atoms with Gasteiger partial charge in [-0.25, -0.2) is 26.4 Å². The lowest BCUT2D eigenvalue weighted by Crippen LogP contribution is -2.60. The highest BCUT2D eigenvalue weighted by atomic mass is 35.5. The largest absolute Gasteiger partial charge is 0.444 e. The Bertz CT molecular complexity index is 2030. The van der Waals surface area contributed by atoms with Crippen LogP contribution in [0.5, 0.6) is 0 Å². The molecule has 0 bridgehead atoms. The molecule has 1 N–H and O–H groups in total. The van der Waals surface area contributed by atoms with Crippen molar-refractivity contribution in [3.8, 4) is 0 Å². The monoisotopic (exact) mass is 974 g/mol. The first kappa shape index (κ1) is 55.3. The van der Waals surface area contributed by atoms with Crippen LogP contribution in [0.2, 0.25) is 10.0 Å². The Morgan fingerprint density at radius 1 is 0.656 bits per heavy atom. The third-order valence-corrected chi connectivity index (χ3v) is 14.0. The van der Waals surface area contributed by atoms with Gasteiger partial charge in [0.1, 0.15) is 17.0 Å². The number of ketones is 1. The number of amides is 2. The smallest absolute Gasteiger partial charge is 0.410 e. The zero-order valence-electron chi connectivity index (χ0n) is 38.1. The molecule has 2 aromatic rings. The number of likely N-dealkylation sites (tertiary alicyclic amines) is 2. The lowest BCUT2D eigenvalue weighted by Gasteiger charge is -2.47. The fourth-order valence-corrected chi connectivity index (χ4v) is 9.79. The maximum Gasteiger partial charge on any atom is 0.410 e. The van der Waals surface area contributed by atoms with Gasteiger partial charge >= 0.3 is 12.2 Å².